The lowest BCUT2D eigenvalue weighted by molar-refractivity contribution is 0.411. The number of anilines is 1. The Bertz CT molecular complexity index is 1140. The van der Waals surface area contributed by atoms with E-state index in [0.29, 0.717) is 0 Å². The third-order valence-electron chi connectivity index (χ3n) is 5.42. The summed E-state index contributed by atoms with van der Waals surface area (Å²) >= 11 is 3.53. The Kier molecular flexibility index (Phi) is 4.32. The van der Waals surface area contributed by atoms with Crippen LogP contribution in [0.3, 0.4) is 0 Å². The van der Waals surface area contributed by atoms with Crippen LogP contribution < -0.4 is 10.1 Å². The van der Waals surface area contributed by atoms with Crippen molar-refractivity contribution in [1.29, 1.82) is 0 Å². The van der Waals surface area contributed by atoms with E-state index in [2.05, 4.69) is 86.5 Å². The van der Waals surface area contributed by atoms with Crippen molar-refractivity contribution in [2.75, 3.05) is 12.4 Å². The van der Waals surface area contributed by atoms with Crippen molar-refractivity contribution < 1.29 is 4.74 Å². The van der Waals surface area contributed by atoms with Crippen molar-refractivity contribution in [3.63, 3.8) is 0 Å². The predicted molar refractivity (Wildman–Crippen MR) is 116 cm³/mol. The second kappa shape index (κ2) is 6.99. The standard InChI is InChI=1S/C23H20BrN3O/c1-28-18-6-4-5-16(13-18)22-14-20(15-9-11-17(24)12-10-15)26-23-25-19-7-2-3-8-21(19)27(22)23/h2-13,20,22H,14H2,1H3,(H,25,26)/t20-,22-/m0/s1. The normalized spacial score (nSPS) is 18.5. The van der Waals surface area contributed by atoms with Gasteiger partial charge < -0.3 is 14.6 Å². The summed E-state index contributed by atoms with van der Waals surface area (Å²) in [4.78, 5) is 4.88. The number of benzene rings is 3. The van der Waals surface area contributed by atoms with E-state index < -0.39 is 0 Å². The molecule has 28 heavy (non-hydrogen) atoms. The maximum Gasteiger partial charge on any atom is 0.204 e. The Morgan fingerprint density at radius 2 is 1.82 bits per heavy atom. The number of imidazole rings is 1. The summed E-state index contributed by atoms with van der Waals surface area (Å²) in [5.74, 6) is 1.79. The molecule has 1 aliphatic rings. The summed E-state index contributed by atoms with van der Waals surface area (Å²) in [5, 5.41) is 3.66. The molecule has 1 N–H and O–H groups in total. The van der Waals surface area contributed by atoms with E-state index in [1.165, 1.54) is 11.1 Å². The molecule has 0 amide bonds. The number of nitrogens with zero attached hydrogens (tertiary/aromatic N) is 2. The van der Waals surface area contributed by atoms with E-state index in [0.717, 1.165) is 33.6 Å². The third kappa shape index (κ3) is 2.96. The lowest BCUT2D eigenvalue weighted by Crippen LogP contribution is -2.27. The van der Waals surface area contributed by atoms with Gasteiger partial charge in [0.15, 0.2) is 0 Å². The molecule has 4 aromatic rings. The van der Waals surface area contributed by atoms with Gasteiger partial charge in [-0.05, 0) is 53.9 Å². The summed E-state index contributed by atoms with van der Waals surface area (Å²) in [7, 11) is 1.71. The number of hydrogen-bond acceptors (Lipinski definition) is 3. The van der Waals surface area contributed by atoms with Crippen LogP contribution in [0.4, 0.5) is 5.95 Å². The maximum atomic E-state index is 5.48. The molecule has 1 aliphatic heterocycles. The van der Waals surface area contributed by atoms with Crippen molar-refractivity contribution in [3.05, 3.63) is 88.4 Å². The van der Waals surface area contributed by atoms with Crippen molar-refractivity contribution in [3.8, 4) is 5.75 Å². The fourth-order valence-corrected chi connectivity index (χ4v) is 4.32. The average molecular weight is 434 g/mol. The number of rotatable bonds is 3. The minimum atomic E-state index is 0.174. The summed E-state index contributed by atoms with van der Waals surface area (Å²) in [6, 6.07) is 25.6. The highest BCUT2D eigenvalue weighted by Gasteiger charge is 2.31. The smallest absolute Gasteiger partial charge is 0.204 e. The predicted octanol–water partition coefficient (Wildman–Crippen LogP) is 5.95. The van der Waals surface area contributed by atoms with Gasteiger partial charge in [-0.3, -0.25) is 0 Å². The molecular formula is C23H20BrN3O. The molecular weight excluding hydrogens is 414 g/mol. The topological polar surface area (TPSA) is 39.1 Å². The molecule has 0 spiro atoms. The van der Waals surface area contributed by atoms with Gasteiger partial charge in [0, 0.05) is 4.47 Å². The second-order valence-electron chi connectivity index (χ2n) is 7.07. The Morgan fingerprint density at radius 1 is 1.00 bits per heavy atom. The first-order valence-electron chi connectivity index (χ1n) is 9.36. The van der Waals surface area contributed by atoms with Crippen LogP contribution in [0.5, 0.6) is 5.75 Å². The lowest BCUT2D eigenvalue weighted by Gasteiger charge is -2.33. The number of ether oxygens (including phenoxy) is 1. The first-order valence-corrected chi connectivity index (χ1v) is 10.1. The fourth-order valence-electron chi connectivity index (χ4n) is 4.05. The van der Waals surface area contributed by atoms with Gasteiger partial charge in [0.25, 0.3) is 0 Å². The lowest BCUT2D eigenvalue weighted by atomic mass is 9.93. The first-order chi connectivity index (χ1) is 13.7. The molecule has 0 unspecified atom stereocenters. The van der Waals surface area contributed by atoms with Crippen molar-refractivity contribution in [2.45, 2.75) is 18.5 Å². The Hall–Kier alpha value is -2.79. The van der Waals surface area contributed by atoms with Crippen LogP contribution in [0.2, 0.25) is 0 Å². The minimum Gasteiger partial charge on any atom is -0.497 e. The summed E-state index contributed by atoms with van der Waals surface area (Å²) in [6.45, 7) is 0. The van der Waals surface area contributed by atoms with E-state index in [1.54, 1.807) is 7.11 Å². The monoisotopic (exact) mass is 433 g/mol. The number of halogens is 1. The highest BCUT2D eigenvalue weighted by Crippen LogP contribution is 2.41. The van der Waals surface area contributed by atoms with Crippen LogP contribution in [0.25, 0.3) is 11.0 Å². The van der Waals surface area contributed by atoms with Crippen LogP contribution >= 0.6 is 15.9 Å². The molecule has 0 aliphatic carbocycles. The van der Waals surface area contributed by atoms with Crippen LogP contribution in [-0.4, -0.2) is 16.7 Å². The van der Waals surface area contributed by atoms with Crippen molar-refractivity contribution in [2.24, 2.45) is 0 Å². The van der Waals surface area contributed by atoms with Gasteiger partial charge in [0.1, 0.15) is 5.75 Å². The summed E-state index contributed by atoms with van der Waals surface area (Å²) in [6.07, 6.45) is 0.933. The van der Waals surface area contributed by atoms with Gasteiger partial charge in [0.05, 0.1) is 30.2 Å². The zero-order chi connectivity index (χ0) is 19.1. The second-order valence-corrected chi connectivity index (χ2v) is 7.99. The van der Waals surface area contributed by atoms with Gasteiger partial charge in [0.2, 0.25) is 5.95 Å². The number of para-hydroxylation sites is 2. The Balaban J connectivity index is 1.66. The molecule has 0 radical (unpaired) electrons. The molecule has 4 nitrogen and oxygen atoms in total. The Morgan fingerprint density at radius 3 is 2.64 bits per heavy atom. The van der Waals surface area contributed by atoms with Gasteiger partial charge in [-0.15, -0.1) is 0 Å². The number of methoxy groups -OCH3 is 1. The van der Waals surface area contributed by atoms with Gasteiger partial charge in [-0.2, -0.15) is 0 Å². The number of hydrogen-bond donors (Lipinski definition) is 1. The molecule has 2 heterocycles. The molecule has 5 rings (SSSR count). The molecule has 0 saturated heterocycles. The minimum absolute atomic E-state index is 0.174. The van der Waals surface area contributed by atoms with E-state index >= 15 is 0 Å². The number of nitrogens with one attached hydrogen (secondary N) is 1. The molecule has 0 saturated carbocycles. The van der Waals surface area contributed by atoms with E-state index in [1.807, 2.05) is 12.1 Å². The van der Waals surface area contributed by atoms with Gasteiger partial charge >= 0.3 is 0 Å². The first kappa shape index (κ1) is 17.3. The van der Waals surface area contributed by atoms with Crippen LogP contribution in [-0.2, 0) is 0 Å². The molecule has 1 aromatic heterocycles. The highest BCUT2D eigenvalue weighted by atomic mass is 79.9. The SMILES string of the molecule is COc1cccc([C@@H]2C[C@@H](c3ccc(Br)cc3)Nc3nc4ccccc4n32)c1. The largest absolute Gasteiger partial charge is 0.497 e. The summed E-state index contributed by atoms with van der Waals surface area (Å²) in [5.41, 5.74) is 4.64. The molecule has 5 heteroatoms. The molecule has 2 atom stereocenters. The molecule has 3 aromatic carbocycles. The quantitative estimate of drug-likeness (QED) is 0.433. The van der Waals surface area contributed by atoms with Crippen molar-refractivity contribution >= 4 is 32.9 Å². The summed E-state index contributed by atoms with van der Waals surface area (Å²) < 4.78 is 8.89. The zero-order valence-electron chi connectivity index (χ0n) is 15.5. The number of fused-ring (bicyclic) bond motifs is 3. The Labute approximate surface area is 172 Å². The third-order valence-corrected chi connectivity index (χ3v) is 5.95. The average Bonchev–Trinajstić information content (AvgIpc) is 3.12. The van der Waals surface area contributed by atoms with Crippen LogP contribution in [0.1, 0.15) is 29.6 Å². The highest BCUT2D eigenvalue weighted by molar-refractivity contribution is 9.10. The van der Waals surface area contributed by atoms with Gasteiger partial charge in [-0.1, -0.05) is 52.3 Å². The fraction of sp³-hybridized carbons (Fsp3) is 0.174. The van der Waals surface area contributed by atoms with E-state index in [9.17, 15) is 0 Å². The maximum absolute atomic E-state index is 5.48. The van der Waals surface area contributed by atoms with Crippen molar-refractivity contribution in [1.82, 2.24) is 9.55 Å². The van der Waals surface area contributed by atoms with E-state index in [-0.39, 0.29) is 12.1 Å². The van der Waals surface area contributed by atoms with Crippen LogP contribution in [0.15, 0.2) is 77.3 Å². The molecule has 0 bridgehead atoms. The van der Waals surface area contributed by atoms with Crippen LogP contribution in [0, 0.1) is 0 Å². The number of aromatic nitrogens is 2. The zero-order valence-corrected chi connectivity index (χ0v) is 17.1. The van der Waals surface area contributed by atoms with Gasteiger partial charge in [-0.25, -0.2) is 4.98 Å². The molecule has 0 fully saturated rings. The molecule has 140 valence electrons. The van der Waals surface area contributed by atoms with E-state index in [4.69, 9.17) is 9.72 Å².